The first kappa shape index (κ1) is 26.0. The van der Waals surface area contributed by atoms with Crippen molar-refractivity contribution >= 4 is 42.9 Å². The van der Waals surface area contributed by atoms with Crippen LogP contribution in [0.3, 0.4) is 0 Å². The van der Waals surface area contributed by atoms with Crippen molar-refractivity contribution in [3.63, 3.8) is 0 Å². The van der Waals surface area contributed by atoms with Crippen molar-refractivity contribution in [2.75, 3.05) is 34.5 Å². The Morgan fingerprint density at radius 1 is 1.06 bits per heavy atom. The lowest BCUT2D eigenvalue weighted by molar-refractivity contribution is 0.281. The average Bonchev–Trinajstić information content (AvgIpc) is 2.77. The van der Waals surface area contributed by atoms with Gasteiger partial charge in [-0.3, -0.25) is 4.72 Å². The number of benzene rings is 2. The lowest BCUT2D eigenvalue weighted by atomic mass is 10.2. The van der Waals surface area contributed by atoms with Gasteiger partial charge < -0.3 is 15.7 Å². The highest BCUT2D eigenvalue weighted by molar-refractivity contribution is 7.92. The van der Waals surface area contributed by atoms with Gasteiger partial charge in [-0.15, -0.1) is 0 Å². The second-order valence-corrected chi connectivity index (χ2v) is 11.8. The first-order valence-corrected chi connectivity index (χ1v) is 14.2. The van der Waals surface area contributed by atoms with Crippen LogP contribution in [0.1, 0.15) is 18.1 Å². The molecule has 35 heavy (non-hydrogen) atoms. The molecular weight excluding hydrogens is 488 g/mol. The van der Waals surface area contributed by atoms with Crippen LogP contribution in [0, 0.1) is 16.6 Å². The molecule has 3 rings (SSSR count). The van der Waals surface area contributed by atoms with Crippen LogP contribution in [0.5, 0.6) is 0 Å². The van der Waals surface area contributed by atoms with Crippen molar-refractivity contribution in [1.82, 2.24) is 9.97 Å². The van der Waals surface area contributed by atoms with Crippen molar-refractivity contribution in [3.05, 3.63) is 65.9 Å². The molecule has 5 N–H and O–H groups in total. The second kappa shape index (κ2) is 10.7. The monoisotopic (exact) mass is 514 g/mol. The molecule has 0 aliphatic carbocycles. The van der Waals surface area contributed by atoms with E-state index in [9.17, 15) is 17.7 Å². The van der Waals surface area contributed by atoms with E-state index in [2.05, 4.69) is 37.2 Å². The number of hydrogen-bond acceptors (Lipinski definition) is 9. The molecule has 0 saturated carbocycles. The summed E-state index contributed by atoms with van der Waals surface area (Å²) in [7, 11) is -6.21. The average molecular weight is 515 g/mol. The van der Waals surface area contributed by atoms with E-state index in [1.54, 1.807) is 55.5 Å². The third-order valence-corrected chi connectivity index (χ3v) is 6.29. The van der Waals surface area contributed by atoms with Gasteiger partial charge in [0, 0.05) is 34.1 Å². The largest absolute Gasteiger partial charge is 0.394 e. The van der Waals surface area contributed by atoms with Crippen LogP contribution in [0.25, 0.3) is 0 Å². The summed E-state index contributed by atoms with van der Waals surface area (Å²) in [5.74, 6) is 6.64. The van der Waals surface area contributed by atoms with Crippen LogP contribution in [0.2, 0.25) is 0 Å². The van der Waals surface area contributed by atoms with E-state index in [1.807, 2.05) is 0 Å². The molecule has 10 nitrogen and oxygen atoms in total. The molecular formula is C23H26N6O4S2. The van der Waals surface area contributed by atoms with E-state index >= 15 is 0 Å². The zero-order chi connectivity index (χ0) is 25.6. The minimum atomic E-state index is -3.41. The van der Waals surface area contributed by atoms with Gasteiger partial charge in [0.1, 0.15) is 5.82 Å². The number of hydrogen-bond donors (Lipinski definition) is 5. The molecule has 0 amide bonds. The standard InChI is InChI=1S/C23H26N6O4S2/c1-16(15-30)26-22-18(8-7-17-5-4-6-20(13-17)29-35(3,32)33)14-25-23(28-22)27-19-9-11-21(12-10-19)34(2,24)31/h4-6,9-14,16,24,29-30H,15H2,1-3H3,(H2,25,26,27,28)/t16-,34?/m1/s1. The normalized spacial score (nSPS) is 13.6. The first-order chi connectivity index (χ1) is 16.4. The molecule has 0 spiro atoms. The Morgan fingerprint density at radius 3 is 2.40 bits per heavy atom. The fourth-order valence-electron chi connectivity index (χ4n) is 2.86. The van der Waals surface area contributed by atoms with E-state index in [0.29, 0.717) is 33.2 Å². The Kier molecular flexibility index (Phi) is 7.96. The Morgan fingerprint density at radius 2 is 1.77 bits per heavy atom. The summed E-state index contributed by atoms with van der Waals surface area (Å²) in [6.07, 6.45) is 3.96. The maximum atomic E-state index is 11.9. The summed E-state index contributed by atoms with van der Waals surface area (Å²) in [6.45, 7) is 1.66. The van der Waals surface area contributed by atoms with E-state index in [-0.39, 0.29) is 18.6 Å². The maximum Gasteiger partial charge on any atom is 0.229 e. The van der Waals surface area contributed by atoms with Gasteiger partial charge in [-0.2, -0.15) is 4.98 Å². The van der Waals surface area contributed by atoms with Gasteiger partial charge >= 0.3 is 0 Å². The molecule has 2 atom stereocenters. The lowest BCUT2D eigenvalue weighted by Crippen LogP contribution is -2.21. The smallest absolute Gasteiger partial charge is 0.229 e. The molecule has 0 saturated heterocycles. The Bertz CT molecular complexity index is 1480. The summed E-state index contributed by atoms with van der Waals surface area (Å²) in [6, 6.07) is 13.0. The van der Waals surface area contributed by atoms with Gasteiger partial charge in [0.25, 0.3) is 0 Å². The number of nitrogens with zero attached hydrogens (tertiary/aromatic N) is 2. The number of aromatic nitrogens is 2. The SMILES string of the molecule is C[C@H](CO)Nc1nc(Nc2ccc(S(C)(=N)=O)cc2)ncc1C#Cc1cccc(NS(C)(=O)=O)c1. The van der Waals surface area contributed by atoms with Crippen molar-refractivity contribution in [3.8, 4) is 11.8 Å². The highest BCUT2D eigenvalue weighted by Gasteiger charge is 2.10. The van der Waals surface area contributed by atoms with E-state index in [0.717, 1.165) is 6.26 Å². The topological polar surface area (TPSA) is 157 Å². The number of rotatable bonds is 8. The summed E-state index contributed by atoms with van der Waals surface area (Å²) in [4.78, 5) is 9.20. The second-order valence-electron chi connectivity index (χ2n) is 7.88. The summed E-state index contributed by atoms with van der Waals surface area (Å²) < 4.78 is 44.9. The molecule has 184 valence electrons. The molecule has 1 aromatic heterocycles. The molecule has 0 bridgehead atoms. The number of aliphatic hydroxyl groups is 1. The number of sulfonamides is 1. The van der Waals surface area contributed by atoms with E-state index in [1.165, 1.54) is 12.5 Å². The quantitative estimate of drug-likeness (QED) is 0.287. The van der Waals surface area contributed by atoms with Crippen LogP contribution >= 0.6 is 0 Å². The number of aliphatic hydroxyl groups excluding tert-OH is 1. The zero-order valence-corrected chi connectivity index (χ0v) is 21.0. The van der Waals surface area contributed by atoms with Gasteiger partial charge in [0.05, 0.1) is 34.4 Å². The van der Waals surface area contributed by atoms with E-state index in [4.69, 9.17) is 4.78 Å². The van der Waals surface area contributed by atoms with Gasteiger partial charge in [-0.05, 0) is 49.4 Å². The summed E-state index contributed by atoms with van der Waals surface area (Å²) >= 11 is 0. The van der Waals surface area contributed by atoms with Crippen LogP contribution in [0.15, 0.2) is 59.6 Å². The molecule has 0 radical (unpaired) electrons. The van der Waals surface area contributed by atoms with Crippen molar-refractivity contribution < 1.29 is 17.7 Å². The van der Waals surface area contributed by atoms with Gasteiger partial charge in [-0.1, -0.05) is 17.9 Å². The van der Waals surface area contributed by atoms with Crippen LogP contribution in [-0.2, 0) is 19.8 Å². The molecule has 3 aromatic rings. The molecule has 0 fully saturated rings. The zero-order valence-electron chi connectivity index (χ0n) is 19.4. The van der Waals surface area contributed by atoms with Gasteiger partial charge in [-0.25, -0.2) is 22.4 Å². The molecule has 12 heteroatoms. The van der Waals surface area contributed by atoms with Crippen molar-refractivity contribution in [1.29, 1.82) is 4.78 Å². The Labute approximate surface area is 205 Å². The Hall–Kier alpha value is -3.66. The molecule has 1 unspecified atom stereocenters. The number of nitrogens with one attached hydrogen (secondary N) is 4. The molecule has 0 aliphatic heterocycles. The predicted octanol–water partition coefficient (Wildman–Crippen LogP) is 2.82. The third kappa shape index (κ3) is 7.96. The number of anilines is 4. The van der Waals surface area contributed by atoms with E-state index < -0.39 is 19.8 Å². The molecule has 2 aromatic carbocycles. The van der Waals surface area contributed by atoms with Crippen LogP contribution in [-0.4, -0.2) is 52.9 Å². The van der Waals surface area contributed by atoms with Crippen molar-refractivity contribution in [2.45, 2.75) is 17.9 Å². The fraction of sp³-hybridized carbons (Fsp3) is 0.217. The van der Waals surface area contributed by atoms with Crippen molar-refractivity contribution in [2.24, 2.45) is 0 Å². The minimum absolute atomic E-state index is 0.121. The van der Waals surface area contributed by atoms with Gasteiger partial charge in [0.2, 0.25) is 16.0 Å². The van der Waals surface area contributed by atoms with Crippen LogP contribution < -0.4 is 15.4 Å². The van der Waals surface area contributed by atoms with Crippen LogP contribution in [0.4, 0.5) is 23.1 Å². The Balaban J connectivity index is 1.89. The fourth-order valence-corrected chi connectivity index (χ4v) is 4.07. The molecule has 0 aliphatic rings. The summed E-state index contributed by atoms with van der Waals surface area (Å²) in [5, 5.41) is 15.6. The third-order valence-electron chi connectivity index (χ3n) is 4.51. The summed E-state index contributed by atoms with van der Waals surface area (Å²) in [5.41, 5.74) is 2.11. The molecule has 1 heterocycles. The highest BCUT2D eigenvalue weighted by atomic mass is 32.2. The maximum absolute atomic E-state index is 11.9. The highest BCUT2D eigenvalue weighted by Crippen LogP contribution is 2.20. The minimum Gasteiger partial charge on any atom is -0.394 e. The first-order valence-electron chi connectivity index (χ1n) is 10.4. The predicted molar refractivity (Wildman–Crippen MR) is 138 cm³/mol. The lowest BCUT2D eigenvalue weighted by Gasteiger charge is -2.14. The van der Waals surface area contributed by atoms with Gasteiger partial charge in [0.15, 0.2) is 0 Å².